The Morgan fingerprint density at radius 3 is 2.29 bits per heavy atom. The number of nitrogens with two attached hydrogens (primary N) is 1. The fraction of sp³-hybridized carbons (Fsp3) is 1.00. The van der Waals surface area contributed by atoms with Gasteiger partial charge in [-0.25, -0.2) is 5.01 Å². The van der Waals surface area contributed by atoms with Crippen LogP contribution in [0.3, 0.4) is 0 Å². The van der Waals surface area contributed by atoms with Crippen LogP contribution in [0.5, 0.6) is 0 Å². The highest BCUT2D eigenvalue weighted by Gasteiger charge is 2.24. The summed E-state index contributed by atoms with van der Waals surface area (Å²) in [6, 6.07) is 0.864. The van der Waals surface area contributed by atoms with Gasteiger partial charge in [0.25, 0.3) is 0 Å². The highest BCUT2D eigenvalue weighted by Crippen LogP contribution is 2.17. The average Bonchev–Trinajstić information content (AvgIpc) is 2.14. The molecular formula is C11H27N3. The molecular weight excluding hydrogens is 174 g/mol. The van der Waals surface area contributed by atoms with E-state index in [1.165, 1.54) is 19.3 Å². The first kappa shape index (κ1) is 13.9. The van der Waals surface area contributed by atoms with Crippen molar-refractivity contribution in [3.8, 4) is 0 Å². The maximum Gasteiger partial charge on any atom is 0.0414 e. The van der Waals surface area contributed by atoms with Crippen molar-refractivity contribution in [1.29, 1.82) is 0 Å². The van der Waals surface area contributed by atoms with Crippen LogP contribution in [-0.4, -0.2) is 31.2 Å². The molecule has 0 heterocycles. The Morgan fingerprint density at radius 2 is 1.93 bits per heavy atom. The first-order valence-electron chi connectivity index (χ1n) is 5.69. The van der Waals surface area contributed by atoms with Crippen LogP contribution in [0.25, 0.3) is 0 Å². The van der Waals surface area contributed by atoms with Gasteiger partial charge in [0, 0.05) is 19.1 Å². The normalized spacial score (nSPS) is 18.2. The van der Waals surface area contributed by atoms with Gasteiger partial charge in [-0.05, 0) is 26.3 Å². The summed E-state index contributed by atoms with van der Waals surface area (Å²) in [4.78, 5) is 0. The number of hydrogen-bond donors (Lipinski definition) is 2. The molecule has 0 radical (unpaired) electrons. The summed E-state index contributed by atoms with van der Waals surface area (Å²) in [7, 11) is 3.95. The van der Waals surface area contributed by atoms with E-state index < -0.39 is 0 Å². The van der Waals surface area contributed by atoms with Crippen LogP contribution >= 0.6 is 0 Å². The summed E-state index contributed by atoms with van der Waals surface area (Å²) in [6.45, 7) is 6.71. The molecule has 0 saturated carbocycles. The minimum absolute atomic E-state index is 0.423. The number of nitrogens with one attached hydrogen (secondary N) is 1. The molecule has 0 fully saturated rings. The van der Waals surface area contributed by atoms with Crippen molar-refractivity contribution >= 4 is 0 Å². The average molecular weight is 201 g/mol. The molecule has 3 heteroatoms. The van der Waals surface area contributed by atoms with Gasteiger partial charge < -0.3 is 5.32 Å². The Labute approximate surface area is 89.0 Å². The van der Waals surface area contributed by atoms with Crippen LogP contribution in [0.15, 0.2) is 0 Å². The molecule has 0 aromatic carbocycles. The zero-order valence-corrected chi connectivity index (χ0v) is 10.4. The largest absolute Gasteiger partial charge is 0.316 e. The standard InChI is InChI=1S/C11H27N3/c1-6-7-8-9(2)11(14(5)12)10(3)13-4/h9-11,13H,6-8,12H2,1-5H3. The Hall–Kier alpha value is -0.120. The van der Waals surface area contributed by atoms with Crippen molar-refractivity contribution < 1.29 is 0 Å². The molecule has 14 heavy (non-hydrogen) atoms. The molecule has 0 aromatic heterocycles. The van der Waals surface area contributed by atoms with E-state index in [-0.39, 0.29) is 0 Å². The van der Waals surface area contributed by atoms with E-state index in [0.717, 1.165) is 0 Å². The second kappa shape index (κ2) is 7.21. The molecule has 0 aliphatic heterocycles. The second-order valence-electron chi connectivity index (χ2n) is 4.35. The lowest BCUT2D eigenvalue weighted by Gasteiger charge is -2.34. The lowest BCUT2D eigenvalue weighted by atomic mass is 9.91. The molecule has 0 aliphatic carbocycles. The topological polar surface area (TPSA) is 41.3 Å². The Kier molecular flexibility index (Phi) is 7.15. The third-order valence-corrected chi connectivity index (χ3v) is 3.03. The molecule has 0 rings (SSSR count). The van der Waals surface area contributed by atoms with Gasteiger partial charge >= 0.3 is 0 Å². The van der Waals surface area contributed by atoms with Crippen molar-refractivity contribution in [3.05, 3.63) is 0 Å². The van der Waals surface area contributed by atoms with Crippen LogP contribution in [0.4, 0.5) is 0 Å². The molecule has 0 bridgehead atoms. The maximum atomic E-state index is 5.88. The first-order chi connectivity index (χ1) is 6.54. The fourth-order valence-electron chi connectivity index (χ4n) is 2.11. The molecule has 0 aromatic rings. The van der Waals surface area contributed by atoms with Crippen LogP contribution in [0.2, 0.25) is 0 Å². The van der Waals surface area contributed by atoms with Gasteiger partial charge in [0.15, 0.2) is 0 Å². The van der Waals surface area contributed by atoms with E-state index in [2.05, 4.69) is 26.1 Å². The molecule has 0 spiro atoms. The predicted octanol–water partition coefficient (Wildman–Crippen LogP) is 1.59. The van der Waals surface area contributed by atoms with Crippen LogP contribution in [0, 0.1) is 5.92 Å². The maximum absolute atomic E-state index is 5.88. The molecule has 0 amide bonds. The van der Waals surface area contributed by atoms with E-state index in [1.54, 1.807) is 0 Å². The van der Waals surface area contributed by atoms with E-state index in [0.29, 0.717) is 18.0 Å². The van der Waals surface area contributed by atoms with E-state index in [4.69, 9.17) is 5.84 Å². The Morgan fingerprint density at radius 1 is 1.36 bits per heavy atom. The minimum atomic E-state index is 0.423. The number of unbranched alkanes of at least 4 members (excludes halogenated alkanes) is 1. The summed E-state index contributed by atoms with van der Waals surface area (Å²) >= 11 is 0. The highest BCUT2D eigenvalue weighted by atomic mass is 15.4. The third-order valence-electron chi connectivity index (χ3n) is 3.03. The quantitative estimate of drug-likeness (QED) is 0.485. The molecule has 3 N–H and O–H groups in total. The minimum Gasteiger partial charge on any atom is -0.316 e. The van der Waals surface area contributed by atoms with E-state index in [9.17, 15) is 0 Å². The lowest BCUT2D eigenvalue weighted by Crippen LogP contribution is -2.52. The number of hydrogen-bond acceptors (Lipinski definition) is 3. The summed E-state index contributed by atoms with van der Waals surface area (Å²) < 4.78 is 0. The first-order valence-corrected chi connectivity index (χ1v) is 5.69. The van der Waals surface area contributed by atoms with Gasteiger partial charge in [0.05, 0.1) is 0 Å². The van der Waals surface area contributed by atoms with Gasteiger partial charge in [-0.15, -0.1) is 0 Å². The van der Waals surface area contributed by atoms with Crippen LogP contribution in [0.1, 0.15) is 40.0 Å². The lowest BCUT2D eigenvalue weighted by molar-refractivity contribution is 0.144. The summed E-state index contributed by atoms with van der Waals surface area (Å²) in [6.07, 6.45) is 3.82. The highest BCUT2D eigenvalue weighted by molar-refractivity contribution is 4.81. The summed E-state index contributed by atoms with van der Waals surface area (Å²) in [5.74, 6) is 6.52. The monoisotopic (exact) mass is 201 g/mol. The van der Waals surface area contributed by atoms with Crippen molar-refractivity contribution in [2.75, 3.05) is 14.1 Å². The molecule has 3 nitrogen and oxygen atoms in total. The van der Waals surface area contributed by atoms with Crippen molar-refractivity contribution in [1.82, 2.24) is 10.3 Å². The molecule has 3 unspecified atom stereocenters. The Balaban J connectivity index is 4.18. The van der Waals surface area contributed by atoms with Gasteiger partial charge in [0.1, 0.15) is 0 Å². The van der Waals surface area contributed by atoms with Gasteiger partial charge in [-0.1, -0.05) is 26.7 Å². The summed E-state index contributed by atoms with van der Waals surface area (Å²) in [5.41, 5.74) is 0. The van der Waals surface area contributed by atoms with Crippen molar-refractivity contribution in [2.45, 2.75) is 52.1 Å². The van der Waals surface area contributed by atoms with E-state index in [1.807, 2.05) is 19.1 Å². The van der Waals surface area contributed by atoms with Gasteiger partial charge in [0.2, 0.25) is 0 Å². The summed E-state index contributed by atoms with van der Waals surface area (Å²) in [5, 5.41) is 5.13. The number of likely N-dealkylation sites (N-methyl/N-ethyl adjacent to an activating group) is 2. The number of hydrazine groups is 1. The molecule has 0 saturated heterocycles. The smallest absolute Gasteiger partial charge is 0.0414 e. The van der Waals surface area contributed by atoms with Gasteiger partial charge in [-0.2, -0.15) is 0 Å². The number of nitrogens with zero attached hydrogens (tertiary/aromatic N) is 1. The van der Waals surface area contributed by atoms with Gasteiger partial charge in [-0.3, -0.25) is 5.84 Å². The van der Waals surface area contributed by atoms with Crippen molar-refractivity contribution in [2.24, 2.45) is 11.8 Å². The number of rotatable bonds is 7. The zero-order valence-electron chi connectivity index (χ0n) is 10.4. The predicted molar refractivity (Wildman–Crippen MR) is 62.9 cm³/mol. The second-order valence-corrected chi connectivity index (χ2v) is 4.35. The van der Waals surface area contributed by atoms with Crippen LogP contribution < -0.4 is 11.2 Å². The fourth-order valence-corrected chi connectivity index (χ4v) is 2.11. The zero-order chi connectivity index (χ0) is 11.1. The molecule has 86 valence electrons. The molecule has 3 atom stereocenters. The Bertz CT molecular complexity index is 136. The van der Waals surface area contributed by atoms with Crippen molar-refractivity contribution in [3.63, 3.8) is 0 Å². The van der Waals surface area contributed by atoms with E-state index >= 15 is 0 Å². The molecule has 0 aliphatic rings. The van der Waals surface area contributed by atoms with Crippen LogP contribution in [-0.2, 0) is 0 Å². The third kappa shape index (κ3) is 4.40. The SMILES string of the molecule is CCCCC(C)C(C(C)NC)N(C)N.